The van der Waals surface area contributed by atoms with Crippen LogP contribution in [0, 0.1) is 6.92 Å². The van der Waals surface area contributed by atoms with Crippen LogP contribution in [0.3, 0.4) is 0 Å². The van der Waals surface area contributed by atoms with Gasteiger partial charge in [-0.1, -0.05) is 61.2 Å². The molecule has 0 unspecified atom stereocenters. The van der Waals surface area contributed by atoms with Crippen LogP contribution in [0.4, 0.5) is 0 Å². The highest BCUT2D eigenvalue weighted by molar-refractivity contribution is 5.29. The number of benzene rings is 2. The standard InChI is InChI=1S/C21H27NO/c1-17-10-12-18(13-11-17)16-23-21-9-5-6-19(14-21)15-22-20-7-3-2-4-8-20/h5-6,9-14,20,22H,2-4,7-8,15-16H2,1H3. The highest BCUT2D eigenvalue weighted by atomic mass is 16.5. The minimum atomic E-state index is 0.625. The van der Waals surface area contributed by atoms with Crippen LogP contribution in [0.2, 0.25) is 0 Å². The van der Waals surface area contributed by atoms with Crippen LogP contribution in [-0.4, -0.2) is 6.04 Å². The minimum Gasteiger partial charge on any atom is -0.489 e. The lowest BCUT2D eigenvalue weighted by atomic mass is 9.95. The molecule has 0 aliphatic heterocycles. The van der Waals surface area contributed by atoms with Crippen molar-refractivity contribution in [2.45, 2.75) is 58.2 Å². The summed E-state index contributed by atoms with van der Waals surface area (Å²) in [4.78, 5) is 0. The summed E-state index contributed by atoms with van der Waals surface area (Å²) >= 11 is 0. The van der Waals surface area contributed by atoms with Crippen molar-refractivity contribution in [1.29, 1.82) is 0 Å². The molecule has 0 heterocycles. The average molecular weight is 309 g/mol. The van der Waals surface area contributed by atoms with Crippen molar-refractivity contribution in [2.75, 3.05) is 0 Å². The van der Waals surface area contributed by atoms with Crippen LogP contribution in [0.1, 0.15) is 48.8 Å². The van der Waals surface area contributed by atoms with Gasteiger partial charge in [-0.3, -0.25) is 0 Å². The van der Waals surface area contributed by atoms with Crippen LogP contribution < -0.4 is 10.1 Å². The van der Waals surface area contributed by atoms with E-state index in [9.17, 15) is 0 Å². The molecule has 1 fully saturated rings. The van der Waals surface area contributed by atoms with E-state index in [4.69, 9.17) is 4.74 Å². The van der Waals surface area contributed by atoms with Crippen LogP contribution in [0.15, 0.2) is 48.5 Å². The Morgan fingerprint density at radius 3 is 2.52 bits per heavy atom. The van der Waals surface area contributed by atoms with Gasteiger partial charge in [-0.15, -0.1) is 0 Å². The smallest absolute Gasteiger partial charge is 0.120 e. The Kier molecular flexibility index (Phi) is 5.71. The van der Waals surface area contributed by atoms with Crippen molar-refractivity contribution < 1.29 is 4.74 Å². The normalized spacial score (nSPS) is 15.5. The molecule has 23 heavy (non-hydrogen) atoms. The summed E-state index contributed by atoms with van der Waals surface area (Å²) in [6, 6.07) is 17.7. The van der Waals surface area contributed by atoms with Gasteiger partial charge >= 0.3 is 0 Å². The van der Waals surface area contributed by atoms with Gasteiger partial charge in [-0.2, -0.15) is 0 Å². The molecule has 0 atom stereocenters. The summed E-state index contributed by atoms with van der Waals surface area (Å²) < 4.78 is 5.94. The van der Waals surface area contributed by atoms with E-state index >= 15 is 0 Å². The molecule has 2 nitrogen and oxygen atoms in total. The first-order valence-electron chi connectivity index (χ1n) is 8.80. The summed E-state index contributed by atoms with van der Waals surface area (Å²) in [5.41, 5.74) is 3.79. The van der Waals surface area contributed by atoms with E-state index in [-0.39, 0.29) is 0 Å². The lowest BCUT2D eigenvalue weighted by Gasteiger charge is -2.23. The summed E-state index contributed by atoms with van der Waals surface area (Å²) in [6.07, 6.45) is 6.79. The molecule has 3 rings (SSSR count). The van der Waals surface area contributed by atoms with Gasteiger partial charge in [0.05, 0.1) is 0 Å². The zero-order valence-corrected chi connectivity index (χ0v) is 14.1. The first-order valence-corrected chi connectivity index (χ1v) is 8.80. The molecule has 0 aromatic heterocycles. The average Bonchev–Trinajstić information content (AvgIpc) is 2.61. The maximum absolute atomic E-state index is 5.94. The Balaban J connectivity index is 1.51. The first kappa shape index (κ1) is 16.1. The van der Waals surface area contributed by atoms with E-state index in [1.807, 2.05) is 6.07 Å². The highest BCUT2D eigenvalue weighted by Crippen LogP contribution is 2.19. The predicted octanol–water partition coefficient (Wildman–Crippen LogP) is 5.00. The second-order valence-electron chi connectivity index (χ2n) is 6.64. The van der Waals surface area contributed by atoms with Crippen molar-refractivity contribution in [3.8, 4) is 5.75 Å². The molecular weight excluding hydrogens is 282 g/mol. The van der Waals surface area contributed by atoms with E-state index in [0.717, 1.165) is 12.3 Å². The van der Waals surface area contributed by atoms with Gasteiger partial charge in [0.25, 0.3) is 0 Å². The number of aryl methyl sites for hydroxylation is 1. The lowest BCUT2D eigenvalue weighted by Crippen LogP contribution is -2.30. The second kappa shape index (κ2) is 8.16. The molecule has 0 radical (unpaired) electrons. The quantitative estimate of drug-likeness (QED) is 0.811. The highest BCUT2D eigenvalue weighted by Gasteiger charge is 2.12. The zero-order valence-electron chi connectivity index (χ0n) is 14.1. The minimum absolute atomic E-state index is 0.625. The molecule has 0 bridgehead atoms. The van der Waals surface area contributed by atoms with Gasteiger partial charge in [-0.25, -0.2) is 0 Å². The second-order valence-corrected chi connectivity index (χ2v) is 6.64. The monoisotopic (exact) mass is 309 g/mol. The largest absolute Gasteiger partial charge is 0.489 e. The Morgan fingerprint density at radius 2 is 1.74 bits per heavy atom. The molecule has 0 amide bonds. The van der Waals surface area contributed by atoms with Crippen LogP contribution in [0.5, 0.6) is 5.75 Å². The number of hydrogen-bond donors (Lipinski definition) is 1. The molecule has 2 aromatic rings. The number of ether oxygens (including phenoxy) is 1. The van der Waals surface area contributed by atoms with Gasteiger partial charge in [0.2, 0.25) is 0 Å². The summed E-state index contributed by atoms with van der Waals surface area (Å²) in [7, 11) is 0. The molecule has 1 N–H and O–H groups in total. The maximum atomic E-state index is 5.94. The Labute approximate surface area is 139 Å². The van der Waals surface area contributed by atoms with E-state index in [1.165, 1.54) is 48.8 Å². The third kappa shape index (κ3) is 5.11. The fraction of sp³-hybridized carbons (Fsp3) is 0.429. The molecule has 122 valence electrons. The SMILES string of the molecule is Cc1ccc(COc2cccc(CNC3CCCCC3)c2)cc1. The number of nitrogens with one attached hydrogen (secondary N) is 1. The van der Waals surface area contributed by atoms with Crippen LogP contribution >= 0.6 is 0 Å². The van der Waals surface area contributed by atoms with E-state index in [1.54, 1.807) is 0 Å². The summed E-state index contributed by atoms with van der Waals surface area (Å²) in [5, 5.41) is 3.69. The van der Waals surface area contributed by atoms with Crippen molar-refractivity contribution in [3.63, 3.8) is 0 Å². The van der Waals surface area contributed by atoms with Gasteiger partial charge in [-0.05, 0) is 43.0 Å². The fourth-order valence-corrected chi connectivity index (χ4v) is 3.17. The Morgan fingerprint density at radius 1 is 0.957 bits per heavy atom. The fourth-order valence-electron chi connectivity index (χ4n) is 3.17. The molecule has 1 aliphatic rings. The molecule has 0 saturated heterocycles. The van der Waals surface area contributed by atoms with Crippen molar-refractivity contribution in [2.24, 2.45) is 0 Å². The number of rotatable bonds is 6. The molecular formula is C21H27NO. The third-order valence-electron chi connectivity index (χ3n) is 4.62. The molecule has 1 saturated carbocycles. The molecule has 2 heteroatoms. The lowest BCUT2D eigenvalue weighted by molar-refractivity contribution is 0.305. The molecule has 2 aromatic carbocycles. The van der Waals surface area contributed by atoms with Crippen LogP contribution in [-0.2, 0) is 13.2 Å². The predicted molar refractivity (Wildman–Crippen MR) is 95.7 cm³/mol. The molecule has 1 aliphatic carbocycles. The van der Waals surface area contributed by atoms with Gasteiger partial charge in [0.1, 0.15) is 12.4 Å². The first-order chi connectivity index (χ1) is 11.3. The van der Waals surface area contributed by atoms with E-state index in [0.29, 0.717) is 12.6 Å². The topological polar surface area (TPSA) is 21.3 Å². The molecule has 0 spiro atoms. The van der Waals surface area contributed by atoms with Gasteiger partial charge in [0.15, 0.2) is 0 Å². The van der Waals surface area contributed by atoms with E-state index < -0.39 is 0 Å². The van der Waals surface area contributed by atoms with Crippen LogP contribution in [0.25, 0.3) is 0 Å². The van der Waals surface area contributed by atoms with Gasteiger partial charge < -0.3 is 10.1 Å². The zero-order chi connectivity index (χ0) is 15.9. The summed E-state index contributed by atoms with van der Waals surface area (Å²) in [5.74, 6) is 0.952. The summed E-state index contributed by atoms with van der Waals surface area (Å²) in [6.45, 7) is 3.67. The van der Waals surface area contributed by atoms with E-state index in [2.05, 4.69) is 54.7 Å². The maximum Gasteiger partial charge on any atom is 0.120 e. The van der Waals surface area contributed by atoms with Crippen molar-refractivity contribution >= 4 is 0 Å². The van der Waals surface area contributed by atoms with Crippen molar-refractivity contribution in [3.05, 3.63) is 65.2 Å². The Hall–Kier alpha value is -1.80. The Bertz CT molecular complexity index is 599. The van der Waals surface area contributed by atoms with Gasteiger partial charge in [0, 0.05) is 12.6 Å². The third-order valence-corrected chi connectivity index (χ3v) is 4.62. The number of hydrogen-bond acceptors (Lipinski definition) is 2. The van der Waals surface area contributed by atoms with Crippen molar-refractivity contribution in [1.82, 2.24) is 5.32 Å².